The standard InChI is InChI=1S/C63H40N4/c1-4-18-41(19-5-1)46-36-37-57-55(40-46)52-30-12-13-34-56(52)67(57)58-35-17-33-54-51-29-11-10-28-50(51)53-32-16-31-49(59(53)60(54)58)47-26-14-24-44(38-47)45-25-15-27-48(39-45)63-65-61(42-20-6-2-7-21-42)64-62(66-63)43-22-8-3-9-23-43/h1-40H. The van der Waals surface area contributed by atoms with Gasteiger partial charge in [0.2, 0.25) is 0 Å². The van der Waals surface area contributed by atoms with Crippen LogP contribution < -0.4 is 0 Å². The van der Waals surface area contributed by atoms with Crippen LogP contribution in [0.1, 0.15) is 0 Å². The van der Waals surface area contributed by atoms with Crippen molar-refractivity contribution in [1.29, 1.82) is 0 Å². The summed E-state index contributed by atoms with van der Waals surface area (Å²) in [7, 11) is 0. The van der Waals surface area contributed by atoms with Crippen molar-refractivity contribution in [1.82, 2.24) is 19.5 Å². The Morgan fingerprint density at radius 1 is 0.239 bits per heavy atom. The lowest BCUT2D eigenvalue weighted by Gasteiger charge is -2.19. The second-order valence-corrected chi connectivity index (χ2v) is 17.1. The molecule has 0 aliphatic rings. The second-order valence-electron chi connectivity index (χ2n) is 17.1. The molecule has 0 fully saturated rings. The third-order valence-electron chi connectivity index (χ3n) is 13.2. The molecule has 0 spiro atoms. The first-order valence-electron chi connectivity index (χ1n) is 22.8. The average molecular weight is 853 g/mol. The molecule has 4 heteroatoms. The van der Waals surface area contributed by atoms with Crippen molar-refractivity contribution in [2.75, 3.05) is 0 Å². The molecule has 4 nitrogen and oxygen atoms in total. The van der Waals surface area contributed by atoms with Crippen molar-refractivity contribution in [3.05, 3.63) is 243 Å². The summed E-state index contributed by atoms with van der Waals surface area (Å²) in [5.41, 5.74) is 13.3. The Hall–Kier alpha value is -8.99. The van der Waals surface area contributed by atoms with Crippen LogP contribution in [0, 0.1) is 0 Å². The first kappa shape index (κ1) is 38.5. The molecule has 0 atom stereocenters. The molecule has 13 aromatic rings. The van der Waals surface area contributed by atoms with Gasteiger partial charge in [-0.2, -0.15) is 0 Å². The molecule has 0 amide bonds. The minimum Gasteiger partial charge on any atom is -0.309 e. The summed E-state index contributed by atoms with van der Waals surface area (Å²) in [6.07, 6.45) is 0. The zero-order valence-corrected chi connectivity index (χ0v) is 36.4. The van der Waals surface area contributed by atoms with Crippen LogP contribution in [0.15, 0.2) is 243 Å². The predicted octanol–water partition coefficient (Wildman–Crippen LogP) is 16.4. The molecule has 2 heterocycles. The Bertz CT molecular complexity index is 3970. The van der Waals surface area contributed by atoms with Crippen LogP contribution in [-0.4, -0.2) is 19.5 Å². The molecule has 0 radical (unpaired) electrons. The number of para-hydroxylation sites is 1. The van der Waals surface area contributed by atoms with Crippen LogP contribution in [-0.2, 0) is 0 Å². The SMILES string of the molecule is c1ccc(-c2ccc3c(c2)c2ccccc2n3-c2cccc3c4ccccc4c4cccc(-c5cccc(-c6cccc(-c7nc(-c8ccccc8)nc(-c8ccccc8)n7)c6)c5)c4c23)cc1. The van der Waals surface area contributed by atoms with Crippen LogP contribution in [0.4, 0.5) is 0 Å². The van der Waals surface area contributed by atoms with Crippen molar-refractivity contribution in [2.24, 2.45) is 0 Å². The van der Waals surface area contributed by atoms with E-state index in [1.807, 2.05) is 60.7 Å². The lowest BCUT2D eigenvalue weighted by atomic mass is 9.88. The van der Waals surface area contributed by atoms with Gasteiger partial charge in [-0.25, -0.2) is 15.0 Å². The third-order valence-corrected chi connectivity index (χ3v) is 13.2. The second kappa shape index (κ2) is 15.9. The molecule has 0 unspecified atom stereocenters. The first-order chi connectivity index (χ1) is 33.2. The van der Waals surface area contributed by atoms with Gasteiger partial charge < -0.3 is 4.57 Å². The normalized spacial score (nSPS) is 11.6. The van der Waals surface area contributed by atoms with Crippen LogP contribution in [0.25, 0.3) is 127 Å². The summed E-state index contributed by atoms with van der Waals surface area (Å²) in [4.78, 5) is 15.0. The largest absolute Gasteiger partial charge is 0.309 e. The summed E-state index contributed by atoms with van der Waals surface area (Å²) >= 11 is 0. The van der Waals surface area contributed by atoms with E-state index in [0.717, 1.165) is 39.1 Å². The van der Waals surface area contributed by atoms with Gasteiger partial charge in [-0.15, -0.1) is 0 Å². The van der Waals surface area contributed by atoms with Gasteiger partial charge in [-0.05, 0) is 91.3 Å². The van der Waals surface area contributed by atoms with Crippen LogP contribution in [0.5, 0.6) is 0 Å². The molecule has 312 valence electrons. The zero-order valence-electron chi connectivity index (χ0n) is 36.4. The third kappa shape index (κ3) is 6.57. The zero-order chi connectivity index (χ0) is 44.3. The minimum absolute atomic E-state index is 0.631. The van der Waals surface area contributed by atoms with E-state index in [-0.39, 0.29) is 0 Å². The maximum atomic E-state index is 5.05. The average Bonchev–Trinajstić information content (AvgIpc) is 3.74. The summed E-state index contributed by atoms with van der Waals surface area (Å²) in [6.45, 7) is 0. The van der Waals surface area contributed by atoms with Crippen molar-refractivity contribution < 1.29 is 0 Å². The van der Waals surface area contributed by atoms with Gasteiger partial charge in [-0.3, -0.25) is 0 Å². The van der Waals surface area contributed by atoms with E-state index in [1.165, 1.54) is 70.8 Å². The van der Waals surface area contributed by atoms with Crippen LogP contribution >= 0.6 is 0 Å². The summed E-state index contributed by atoms with van der Waals surface area (Å²) in [6, 6.07) is 86.8. The molecule has 13 rings (SSSR count). The molecule has 0 bridgehead atoms. The van der Waals surface area contributed by atoms with Gasteiger partial charge in [0.1, 0.15) is 0 Å². The van der Waals surface area contributed by atoms with Gasteiger partial charge in [0.25, 0.3) is 0 Å². The first-order valence-corrected chi connectivity index (χ1v) is 22.8. The van der Waals surface area contributed by atoms with Gasteiger partial charge in [0.15, 0.2) is 17.5 Å². The van der Waals surface area contributed by atoms with Crippen LogP contribution in [0.2, 0.25) is 0 Å². The molecule has 11 aromatic carbocycles. The van der Waals surface area contributed by atoms with Gasteiger partial charge in [0, 0.05) is 38.2 Å². The Morgan fingerprint density at radius 2 is 0.672 bits per heavy atom. The highest BCUT2D eigenvalue weighted by atomic mass is 15.0. The Labute approximate surface area is 387 Å². The van der Waals surface area contributed by atoms with E-state index in [2.05, 4.69) is 187 Å². The van der Waals surface area contributed by atoms with E-state index in [9.17, 15) is 0 Å². The summed E-state index contributed by atoms with van der Waals surface area (Å²) in [5, 5.41) is 9.87. The number of benzene rings is 11. The highest BCUT2D eigenvalue weighted by molar-refractivity contribution is 6.31. The summed E-state index contributed by atoms with van der Waals surface area (Å²) < 4.78 is 2.49. The summed E-state index contributed by atoms with van der Waals surface area (Å²) in [5.74, 6) is 1.92. The smallest absolute Gasteiger partial charge is 0.164 e. The Morgan fingerprint density at radius 3 is 1.33 bits per heavy atom. The molecule has 0 saturated carbocycles. The quantitative estimate of drug-likeness (QED) is 0.150. The van der Waals surface area contributed by atoms with Crippen molar-refractivity contribution in [2.45, 2.75) is 0 Å². The lowest BCUT2D eigenvalue weighted by molar-refractivity contribution is 1.07. The number of rotatable bonds is 7. The number of hydrogen-bond acceptors (Lipinski definition) is 3. The van der Waals surface area contributed by atoms with Crippen molar-refractivity contribution in [3.8, 4) is 73.2 Å². The van der Waals surface area contributed by atoms with Gasteiger partial charge >= 0.3 is 0 Å². The van der Waals surface area contributed by atoms with Crippen LogP contribution in [0.3, 0.4) is 0 Å². The minimum atomic E-state index is 0.631. The topological polar surface area (TPSA) is 43.6 Å². The molecular formula is C63H40N4. The van der Waals surface area contributed by atoms with E-state index in [0.29, 0.717) is 17.5 Å². The number of hydrogen-bond donors (Lipinski definition) is 0. The molecule has 0 aliphatic carbocycles. The molecule has 0 saturated heterocycles. The number of fused-ring (bicyclic) bond motifs is 9. The number of nitrogens with zero attached hydrogens (tertiary/aromatic N) is 4. The predicted molar refractivity (Wildman–Crippen MR) is 279 cm³/mol. The van der Waals surface area contributed by atoms with Crippen molar-refractivity contribution in [3.63, 3.8) is 0 Å². The molecular weight excluding hydrogens is 813 g/mol. The maximum absolute atomic E-state index is 5.05. The molecule has 0 aliphatic heterocycles. The highest BCUT2D eigenvalue weighted by Gasteiger charge is 2.21. The van der Waals surface area contributed by atoms with E-state index in [4.69, 9.17) is 15.0 Å². The lowest BCUT2D eigenvalue weighted by Crippen LogP contribution is -2.00. The molecule has 67 heavy (non-hydrogen) atoms. The van der Waals surface area contributed by atoms with E-state index >= 15 is 0 Å². The van der Waals surface area contributed by atoms with Gasteiger partial charge in [-0.1, -0.05) is 206 Å². The Kier molecular flexibility index (Phi) is 9.14. The molecule has 0 N–H and O–H groups in total. The fourth-order valence-corrected chi connectivity index (χ4v) is 10.1. The fraction of sp³-hybridized carbons (Fsp3) is 0. The highest BCUT2D eigenvalue weighted by Crippen LogP contribution is 2.45. The monoisotopic (exact) mass is 852 g/mol. The Balaban J connectivity index is 1.00. The van der Waals surface area contributed by atoms with Gasteiger partial charge in [0.05, 0.1) is 16.7 Å². The maximum Gasteiger partial charge on any atom is 0.164 e. The van der Waals surface area contributed by atoms with E-state index in [1.54, 1.807) is 0 Å². The number of aromatic nitrogens is 4. The fourth-order valence-electron chi connectivity index (χ4n) is 10.1. The van der Waals surface area contributed by atoms with E-state index < -0.39 is 0 Å². The van der Waals surface area contributed by atoms with Crippen molar-refractivity contribution >= 4 is 54.1 Å². The molecule has 2 aromatic heterocycles.